The Morgan fingerprint density at radius 3 is 2.33 bits per heavy atom. The fourth-order valence-electron chi connectivity index (χ4n) is 7.29. The van der Waals surface area contributed by atoms with E-state index >= 15 is 0 Å². The van der Waals surface area contributed by atoms with E-state index in [1.807, 2.05) is 12.1 Å². The molecule has 4 aliphatic carbocycles. The zero-order valence-electron chi connectivity index (χ0n) is 19.3. The van der Waals surface area contributed by atoms with Crippen LogP contribution in [-0.4, -0.2) is 18.0 Å². The molecule has 3 aromatic rings. The standard InChI is InChI=1S/C28H30N2O2S/c1-18-3-7-22(8-4-18)27-12-19-11-20(13-27)15-28(14-19,17-27)24-16-33-26(29-24)30-25(31)21-5-9-23(32-2)10-6-21/h3-10,16,19-20H,11-15,17H2,1-2H3,(H,29,30,31). The second-order valence-electron chi connectivity index (χ2n) is 10.6. The molecule has 2 aromatic carbocycles. The number of carbonyl (C=O) groups excluding carboxylic acids is 1. The Morgan fingerprint density at radius 2 is 1.67 bits per heavy atom. The highest BCUT2D eigenvalue weighted by atomic mass is 32.1. The highest BCUT2D eigenvalue weighted by Gasteiger charge is 2.59. The minimum Gasteiger partial charge on any atom is -0.497 e. The van der Waals surface area contributed by atoms with Gasteiger partial charge >= 0.3 is 0 Å². The largest absolute Gasteiger partial charge is 0.497 e. The molecule has 0 aliphatic heterocycles. The Balaban J connectivity index is 1.26. The van der Waals surface area contributed by atoms with Crippen LogP contribution in [0.1, 0.15) is 65.7 Å². The molecule has 0 radical (unpaired) electrons. The van der Waals surface area contributed by atoms with Gasteiger partial charge < -0.3 is 4.74 Å². The van der Waals surface area contributed by atoms with Gasteiger partial charge in [0.25, 0.3) is 5.91 Å². The summed E-state index contributed by atoms with van der Waals surface area (Å²) < 4.78 is 5.19. The van der Waals surface area contributed by atoms with Gasteiger partial charge in [-0.3, -0.25) is 10.1 Å². The second kappa shape index (κ2) is 7.69. The van der Waals surface area contributed by atoms with E-state index < -0.39 is 0 Å². The molecule has 4 aliphatic rings. The molecule has 7 rings (SSSR count). The number of aromatic nitrogens is 1. The molecule has 1 heterocycles. The van der Waals surface area contributed by atoms with Crippen LogP contribution >= 0.6 is 11.3 Å². The lowest BCUT2D eigenvalue weighted by atomic mass is 9.42. The van der Waals surface area contributed by atoms with Gasteiger partial charge in [0.15, 0.2) is 5.13 Å². The van der Waals surface area contributed by atoms with Crippen LogP contribution in [0.4, 0.5) is 5.13 Å². The van der Waals surface area contributed by atoms with Crippen molar-refractivity contribution in [3.8, 4) is 5.75 Å². The maximum Gasteiger partial charge on any atom is 0.257 e. The second-order valence-corrected chi connectivity index (χ2v) is 11.5. The van der Waals surface area contributed by atoms with E-state index in [4.69, 9.17) is 9.72 Å². The third-order valence-corrected chi connectivity index (χ3v) is 9.10. The predicted octanol–water partition coefficient (Wildman–Crippen LogP) is 6.50. The van der Waals surface area contributed by atoms with Crippen LogP contribution in [0.2, 0.25) is 0 Å². The van der Waals surface area contributed by atoms with Gasteiger partial charge in [0.2, 0.25) is 0 Å². The Kier molecular flexibility index (Phi) is 4.88. The van der Waals surface area contributed by atoms with Crippen LogP contribution in [0, 0.1) is 18.8 Å². The molecular weight excluding hydrogens is 428 g/mol. The summed E-state index contributed by atoms with van der Waals surface area (Å²) in [6.07, 6.45) is 7.69. The van der Waals surface area contributed by atoms with E-state index in [1.54, 1.807) is 30.6 Å². The fourth-order valence-corrected chi connectivity index (χ4v) is 8.12. The first-order valence-electron chi connectivity index (χ1n) is 12.0. The number of carbonyl (C=O) groups is 1. The molecule has 2 atom stereocenters. The number of hydrogen-bond acceptors (Lipinski definition) is 4. The molecule has 2 unspecified atom stereocenters. The molecule has 4 saturated carbocycles. The van der Waals surface area contributed by atoms with Gasteiger partial charge in [0.05, 0.1) is 12.8 Å². The number of methoxy groups -OCH3 is 1. The number of aryl methyl sites for hydroxylation is 1. The van der Waals surface area contributed by atoms with E-state index in [0.29, 0.717) is 10.7 Å². The summed E-state index contributed by atoms with van der Waals surface area (Å²) in [6, 6.07) is 16.5. The Morgan fingerprint density at radius 1 is 1.00 bits per heavy atom. The molecular formula is C28H30N2O2S. The van der Waals surface area contributed by atoms with E-state index in [1.165, 1.54) is 55.3 Å². The zero-order chi connectivity index (χ0) is 22.6. The lowest BCUT2D eigenvalue weighted by molar-refractivity contribution is -0.0296. The van der Waals surface area contributed by atoms with Crippen molar-refractivity contribution in [1.82, 2.24) is 4.98 Å². The molecule has 1 N–H and O–H groups in total. The van der Waals surface area contributed by atoms with Crippen LogP contribution in [0.15, 0.2) is 53.9 Å². The van der Waals surface area contributed by atoms with Crippen LogP contribution in [0.25, 0.3) is 0 Å². The number of hydrogen-bond donors (Lipinski definition) is 1. The Hall–Kier alpha value is -2.66. The number of benzene rings is 2. The Bertz CT molecular complexity index is 1170. The third-order valence-electron chi connectivity index (χ3n) is 8.35. The smallest absolute Gasteiger partial charge is 0.257 e. The van der Waals surface area contributed by atoms with Gasteiger partial charge in [0.1, 0.15) is 5.75 Å². The summed E-state index contributed by atoms with van der Waals surface area (Å²) in [5.41, 5.74) is 5.09. The number of nitrogens with zero attached hydrogens (tertiary/aromatic N) is 1. The lowest BCUT2D eigenvalue weighted by Crippen LogP contribution is -2.56. The monoisotopic (exact) mass is 458 g/mol. The SMILES string of the molecule is COc1ccc(C(=O)Nc2nc(C34CC5CC(CC(c6ccc(C)cc6)(C5)C3)C4)cs2)cc1. The molecule has 33 heavy (non-hydrogen) atoms. The maximum absolute atomic E-state index is 12.7. The van der Waals surface area contributed by atoms with Crippen molar-refractivity contribution in [1.29, 1.82) is 0 Å². The fraction of sp³-hybridized carbons (Fsp3) is 0.429. The first-order chi connectivity index (χ1) is 16.0. The van der Waals surface area contributed by atoms with E-state index in [0.717, 1.165) is 17.6 Å². The normalized spacial score (nSPS) is 29.8. The lowest BCUT2D eigenvalue weighted by Gasteiger charge is -2.62. The predicted molar refractivity (Wildman–Crippen MR) is 132 cm³/mol. The minimum absolute atomic E-state index is 0.125. The van der Waals surface area contributed by atoms with Gasteiger partial charge in [-0.15, -0.1) is 11.3 Å². The van der Waals surface area contributed by atoms with Crippen molar-refractivity contribution < 1.29 is 9.53 Å². The summed E-state index contributed by atoms with van der Waals surface area (Å²) in [5.74, 6) is 2.19. The molecule has 4 nitrogen and oxygen atoms in total. The number of nitrogens with one attached hydrogen (secondary N) is 1. The van der Waals surface area contributed by atoms with Crippen molar-refractivity contribution in [2.24, 2.45) is 11.8 Å². The van der Waals surface area contributed by atoms with Crippen molar-refractivity contribution in [3.63, 3.8) is 0 Å². The number of thiazole rings is 1. The van der Waals surface area contributed by atoms with Crippen molar-refractivity contribution in [2.75, 3.05) is 12.4 Å². The summed E-state index contributed by atoms with van der Waals surface area (Å²) in [5, 5.41) is 5.93. The zero-order valence-corrected chi connectivity index (χ0v) is 20.1. The number of rotatable bonds is 5. The Labute approximate surface area is 199 Å². The van der Waals surface area contributed by atoms with Crippen molar-refractivity contribution in [3.05, 3.63) is 76.3 Å². The minimum atomic E-state index is -0.125. The number of amides is 1. The average Bonchev–Trinajstić information content (AvgIpc) is 3.28. The van der Waals surface area contributed by atoms with Crippen LogP contribution in [-0.2, 0) is 10.8 Å². The van der Waals surface area contributed by atoms with Crippen LogP contribution < -0.4 is 10.1 Å². The summed E-state index contributed by atoms with van der Waals surface area (Å²) in [4.78, 5) is 17.7. The number of ether oxygens (including phenoxy) is 1. The van der Waals surface area contributed by atoms with E-state index in [-0.39, 0.29) is 16.7 Å². The maximum atomic E-state index is 12.7. The van der Waals surface area contributed by atoms with Gasteiger partial charge in [0, 0.05) is 16.4 Å². The first kappa shape index (κ1) is 20.9. The molecule has 170 valence electrons. The summed E-state index contributed by atoms with van der Waals surface area (Å²) >= 11 is 1.56. The molecule has 0 saturated heterocycles. The molecule has 4 fully saturated rings. The van der Waals surface area contributed by atoms with Gasteiger partial charge in [-0.1, -0.05) is 29.8 Å². The number of anilines is 1. The highest BCUT2D eigenvalue weighted by molar-refractivity contribution is 7.14. The molecule has 0 spiro atoms. The topological polar surface area (TPSA) is 51.2 Å². The first-order valence-corrected chi connectivity index (χ1v) is 12.8. The average molecular weight is 459 g/mol. The molecule has 5 heteroatoms. The molecule has 1 amide bonds. The highest BCUT2D eigenvalue weighted by Crippen LogP contribution is 2.66. The quantitative estimate of drug-likeness (QED) is 0.475. The third kappa shape index (κ3) is 3.57. The van der Waals surface area contributed by atoms with Gasteiger partial charge in [-0.2, -0.15) is 0 Å². The van der Waals surface area contributed by atoms with Gasteiger partial charge in [-0.25, -0.2) is 4.98 Å². The molecule has 4 bridgehead atoms. The summed E-state index contributed by atoms with van der Waals surface area (Å²) in [7, 11) is 1.62. The molecule has 1 aromatic heterocycles. The van der Waals surface area contributed by atoms with Gasteiger partial charge in [-0.05, 0) is 92.5 Å². The van der Waals surface area contributed by atoms with Crippen LogP contribution in [0.5, 0.6) is 5.75 Å². The van der Waals surface area contributed by atoms with Crippen molar-refractivity contribution in [2.45, 2.75) is 56.3 Å². The summed E-state index contributed by atoms with van der Waals surface area (Å²) in [6.45, 7) is 2.17. The van der Waals surface area contributed by atoms with E-state index in [9.17, 15) is 4.79 Å². The van der Waals surface area contributed by atoms with Crippen molar-refractivity contribution >= 4 is 22.4 Å². The van der Waals surface area contributed by atoms with Crippen LogP contribution in [0.3, 0.4) is 0 Å². The van der Waals surface area contributed by atoms with E-state index in [2.05, 4.69) is 41.9 Å².